The SMILES string of the molecule is CC1CC(CNc2nnc(C3CC3)o2)CN1C(=O)c1cnn2c1CCC2. The van der Waals surface area contributed by atoms with Crippen LogP contribution in [0.25, 0.3) is 0 Å². The quantitative estimate of drug-likeness (QED) is 0.882. The summed E-state index contributed by atoms with van der Waals surface area (Å²) >= 11 is 0. The second-order valence-corrected chi connectivity index (χ2v) is 7.84. The van der Waals surface area contributed by atoms with Gasteiger partial charge in [0.05, 0.1) is 17.5 Å². The van der Waals surface area contributed by atoms with E-state index < -0.39 is 0 Å². The third kappa shape index (κ3) is 2.77. The molecule has 2 fully saturated rings. The van der Waals surface area contributed by atoms with Gasteiger partial charge in [-0.3, -0.25) is 9.48 Å². The van der Waals surface area contributed by atoms with Gasteiger partial charge >= 0.3 is 6.01 Å². The molecule has 2 aromatic rings. The Hall–Kier alpha value is -2.38. The highest BCUT2D eigenvalue weighted by Crippen LogP contribution is 2.39. The summed E-state index contributed by atoms with van der Waals surface area (Å²) in [5, 5.41) is 15.8. The molecule has 1 amide bonds. The van der Waals surface area contributed by atoms with Crippen molar-refractivity contribution in [1.29, 1.82) is 0 Å². The van der Waals surface area contributed by atoms with Crippen LogP contribution in [0, 0.1) is 5.92 Å². The van der Waals surface area contributed by atoms with Crippen molar-refractivity contribution in [1.82, 2.24) is 24.9 Å². The maximum absolute atomic E-state index is 13.0. The zero-order valence-corrected chi connectivity index (χ0v) is 15.0. The molecule has 5 rings (SSSR count). The normalized spacial score (nSPS) is 24.9. The highest BCUT2D eigenvalue weighted by molar-refractivity contribution is 5.95. The van der Waals surface area contributed by atoms with E-state index in [1.807, 2.05) is 9.58 Å². The number of rotatable bonds is 5. The number of aromatic nitrogens is 4. The van der Waals surface area contributed by atoms with E-state index >= 15 is 0 Å². The first-order chi connectivity index (χ1) is 12.7. The monoisotopic (exact) mass is 356 g/mol. The van der Waals surface area contributed by atoms with Crippen molar-refractivity contribution in [3.8, 4) is 0 Å². The van der Waals surface area contributed by atoms with Crippen LogP contribution in [0.3, 0.4) is 0 Å². The average Bonchev–Trinajstić information content (AvgIpc) is 3.01. The molecule has 1 saturated carbocycles. The average molecular weight is 356 g/mol. The number of carbonyl (C=O) groups excluding carboxylic acids is 1. The molecule has 138 valence electrons. The van der Waals surface area contributed by atoms with Gasteiger partial charge in [0.25, 0.3) is 5.91 Å². The Balaban J connectivity index is 1.21. The molecule has 0 bridgehead atoms. The summed E-state index contributed by atoms with van der Waals surface area (Å²) in [6.45, 7) is 4.55. The van der Waals surface area contributed by atoms with Gasteiger partial charge in [-0.05, 0) is 44.9 Å². The fourth-order valence-electron chi connectivity index (χ4n) is 4.20. The lowest BCUT2D eigenvalue weighted by molar-refractivity contribution is 0.0742. The summed E-state index contributed by atoms with van der Waals surface area (Å²) in [4.78, 5) is 15.0. The molecule has 1 saturated heterocycles. The van der Waals surface area contributed by atoms with Crippen LogP contribution in [0.15, 0.2) is 10.6 Å². The Morgan fingerprint density at radius 3 is 3.12 bits per heavy atom. The first-order valence-corrected chi connectivity index (χ1v) is 9.62. The van der Waals surface area contributed by atoms with E-state index in [0.29, 0.717) is 17.9 Å². The van der Waals surface area contributed by atoms with Gasteiger partial charge in [-0.2, -0.15) is 5.10 Å². The largest absolute Gasteiger partial charge is 0.408 e. The fraction of sp³-hybridized carbons (Fsp3) is 0.667. The second kappa shape index (κ2) is 6.10. The number of hydrogen-bond donors (Lipinski definition) is 1. The lowest BCUT2D eigenvalue weighted by Gasteiger charge is -2.21. The molecule has 1 aliphatic carbocycles. The number of anilines is 1. The molecule has 1 N–H and O–H groups in total. The van der Waals surface area contributed by atoms with Crippen LogP contribution in [0.1, 0.15) is 60.5 Å². The molecule has 0 radical (unpaired) electrons. The molecule has 2 atom stereocenters. The number of amides is 1. The van der Waals surface area contributed by atoms with Crippen LogP contribution < -0.4 is 5.32 Å². The first kappa shape index (κ1) is 15.8. The van der Waals surface area contributed by atoms with Crippen LogP contribution in [0.5, 0.6) is 0 Å². The number of carbonyl (C=O) groups is 1. The maximum atomic E-state index is 13.0. The number of hydrogen-bond acceptors (Lipinski definition) is 6. The van der Waals surface area contributed by atoms with Crippen LogP contribution in [-0.2, 0) is 13.0 Å². The van der Waals surface area contributed by atoms with E-state index in [1.54, 1.807) is 6.20 Å². The molecular weight excluding hydrogens is 332 g/mol. The summed E-state index contributed by atoms with van der Waals surface area (Å²) in [6.07, 6.45) is 7.06. The standard InChI is InChI=1S/C18H24N6O2/c1-11-7-12(8-19-18-22-21-16(26-18)13-4-5-13)10-23(11)17(25)14-9-20-24-6-2-3-15(14)24/h9,11-13H,2-8,10H2,1H3,(H,19,22). The lowest BCUT2D eigenvalue weighted by atomic mass is 10.1. The van der Waals surface area contributed by atoms with Gasteiger partial charge < -0.3 is 14.6 Å². The number of fused-ring (bicyclic) bond motifs is 1. The van der Waals surface area contributed by atoms with Gasteiger partial charge in [0.2, 0.25) is 5.89 Å². The Kier molecular flexibility index (Phi) is 3.72. The van der Waals surface area contributed by atoms with E-state index in [9.17, 15) is 4.79 Å². The van der Waals surface area contributed by atoms with Crippen LogP contribution >= 0.6 is 0 Å². The molecule has 2 aromatic heterocycles. The van der Waals surface area contributed by atoms with Gasteiger partial charge in [-0.1, -0.05) is 5.10 Å². The molecule has 0 spiro atoms. The number of nitrogens with one attached hydrogen (secondary N) is 1. The summed E-state index contributed by atoms with van der Waals surface area (Å²) in [7, 11) is 0. The van der Waals surface area contributed by atoms with Crippen molar-refractivity contribution in [2.24, 2.45) is 5.92 Å². The highest BCUT2D eigenvalue weighted by atomic mass is 16.4. The van der Waals surface area contributed by atoms with Crippen molar-refractivity contribution in [3.05, 3.63) is 23.3 Å². The predicted octanol–water partition coefficient (Wildman–Crippen LogP) is 2.05. The number of aryl methyl sites for hydroxylation is 1. The summed E-state index contributed by atoms with van der Waals surface area (Å²) < 4.78 is 7.63. The van der Waals surface area contributed by atoms with Crippen molar-refractivity contribution in [2.45, 2.75) is 57.5 Å². The van der Waals surface area contributed by atoms with Crippen molar-refractivity contribution < 1.29 is 9.21 Å². The summed E-state index contributed by atoms with van der Waals surface area (Å²) in [5.74, 6) is 1.72. The van der Waals surface area contributed by atoms with Crippen molar-refractivity contribution in [3.63, 3.8) is 0 Å². The Labute approximate surface area is 151 Å². The van der Waals surface area contributed by atoms with Crippen molar-refractivity contribution >= 4 is 11.9 Å². The van der Waals surface area contributed by atoms with E-state index in [4.69, 9.17) is 4.42 Å². The van der Waals surface area contributed by atoms with Crippen LogP contribution in [0.4, 0.5) is 6.01 Å². The van der Waals surface area contributed by atoms with Gasteiger partial charge in [-0.15, -0.1) is 5.10 Å². The van der Waals surface area contributed by atoms with Gasteiger partial charge in [0.1, 0.15) is 0 Å². The Bertz CT molecular complexity index is 824. The van der Waals surface area contributed by atoms with E-state index in [-0.39, 0.29) is 11.9 Å². The third-order valence-electron chi connectivity index (χ3n) is 5.79. The summed E-state index contributed by atoms with van der Waals surface area (Å²) in [5.41, 5.74) is 1.89. The van der Waals surface area contributed by atoms with Gasteiger partial charge in [0, 0.05) is 31.6 Å². The second-order valence-electron chi connectivity index (χ2n) is 7.84. The van der Waals surface area contributed by atoms with Gasteiger partial charge in [-0.25, -0.2) is 0 Å². The zero-order valence-electron chi connectivity index (χ0n) is 15.0. The maximum Gasteiger partial charge on any atom is 0.315 e. The smallest absolute Gasteiger partial charge is 0.315 e. The molecule has 2 unspecified atom stereocenters. The minimum absolute atomic E-state index is 0.122. The van der Waals surface area contributed by atoms with E-state index in [2.05, 4.69) is 27.5 Å². The Morgan fingerprint density at radius 2 is 2.27 bits per heavy atom. The molecule has 3 aliphatic rings. The predicted molar refractivity (Wildman–Crippen MR) is 93.9 cm³/mol. The summed E-state index contributed by atoms with van der Waals surface area (Å²) in [6, 6.07) is 0.731. The lowest BCUT2D eigenvalue weighted by Crippen LogP contribution is -2.34. The topological polar surface area (TPSA) is 89.1 Å². The van der Waals surface area contributed by atoms with Crippen LogP contribution in [-0.4, -0.2) is 49.9 Å². The molecule has 0 aromatic carbocycles. The minimum Gasteiger partial charge on any atom is -0.408 e. The fourth-order valence-corrected chi connectivity index (χ4v) is 4.20. The number of nitrogens with zero attached hydrogens (tertiary/aromatic N) is 5. The molecule has 8 heteroatoms. The third-order valence-corrected chi connectivity index (χ3v) is 5.79. The molecule has 26 heavy (non-hydrogen) atoms. The van der Waals surface area contributed by atoms with Gasteiger partial charge in [0.15, 0.2) is 0 Å². The first-order valence-electron chi connectivity index (χ1n) is 9.62. The highest BCUT2D eigenvalue weighted by Gasteiger charge is 2.35. The molecule has 2 aliphatic heterocycles. The van der Waals surface area contributed by atoms with E-state index in [1.165, 1.54) is 0 Å². The zero-order chi connectivity index (χ0) is 17.7. The Morgan fingerprint density at radius 1 is 1.38 bits per heavy atom. The van der Waals surface area contributed by atoms with Crippen LogP contribution in [0.2, 0.25) is 0 Å². The molecule has 4 heterocycles. The minimum atomic E-state index is 0.122. The number of likely N-dealkylation sites (tertiary alicyclic amines) is 1. The van der Waals surface area contributed by atoms with Crippen molar-refractivity contribution in [2.75, 3.05) is 18.4 Å². The molecule has 8 nitrogen and oxygen atoms in total. The van der Waals surface area contributed by atoms with E-state index in [0.717, 1.165) is 68.9 Å². The molecular formula is C18H24N6O2.